The lowest BCUT2D eigenvalue weighted by Gasteiger charge is -2.25. The normalized spacial score (nSPS) is 17.8. The second kappa shape index (κ2) is 5.12. The standard InChI is InChI=1S/C16H18N2O2/c1-18-10-14(9-17-18)12-6-5-11-3-2-4-13(8-16(19)20)15(11)7-12/h5-7,9-10,13H,2-4,8H2,1H3,(H,19,20). The molecule has 1 aromatic carbocycles. The van der Waals surface area contributed by atoms with Gasteiger partial charge in [0.2, 0.25) is 0 Å². The maximum atomic E-state index is 11.0. The van der Waals surface area contributed by atoms with Crippen molar-refractivity contribution in [1.82, 2.24) is 9.78 Å². The van der Waals surface area contributed by atoms with Gasteiger partial charge < -0.3 is 5.11 Å². The quantitative estimate of drug-likeness (QED) is 0.932. The van der Waals surface area contributed by atoms with Crippen molar-refractivity contribution in [3.05, 3.63) is 41.7 Å². The summed E-state index contributed by atoms with van der Waals surface area (Å²) >= 11 is 0. The predicted octanol–water partition coefficient (Wildman–Crippen LogP) is 2.98. The van der Waals surface area contributed by atoms with Crippen molar-refractivity contribution in [2.24, 2.45) is 7.05 Å². The Hall–Kier alpha value is -2.10. The maximum Gasteiger partial charge on any atom is 0.303 e. The van der Waals surface area contributed by atoms with E-state index >= 15 is 0 Å². The van der Waals surface area contributed by atoms with Gasteiger partial charge in [-0.05, 0) is 41.9 Å². The summed E-state index contributed by atoms with van der Waals surface area (Å²) in [5.41, 5.74) is 4.71. The molecule has 0 spiro atoms. The fraction of sp³-hybridized carbons (Fsp3) is 0.375. The van der Waals surface area contributed by atoms with Crippen LogP contribution in [0.25, 0.3) is 11.1 Å². The molecule has 1 atom stereocenters. The van der Waals surface area contributed by atoms with Crippen LogP contribution in [0, 0.1) is 0 Å². The zero-order chi connectivity index (χ0) is 14.1. The van der Waals surface area contributed by atoms with Gasteiger partial charge in [0.25, 0.3) is 0 Å². The molecular formula is C16H18N2O2. The maximum absolute atomic E-state index is 11.0. The second-order valence-electron chi connectivity index (χ2n) is 5.50. The Morgan fingerprint density at radius 2 is 2.30 bits per heavy atom. The number of hydrogen-bond acceptors (Lipinski definition) is 2. The summed E-state index contributed by atoms with van der Waals surface area (Å²) in [4.78, 5) is 11.0. The van der Waals surface area contributed by atoms with Gasteiger partial charge in [0.15, 0.2) is 0 Å². The molecule has 104 valence electrons. The first kappa shape index (κ1) is 12.9. The third kappa shape index (κ3) is 2.46. The highest BCUT2D eigenvalue weighted by molar-refractivity contribution is 5.69. The van der Waals surface area contributed by atoms with Crippen LogP contribution in [0.1, 0.15) is 36.3 Å². The number of carboxylic acids is 1. The van der Waals surface area contributed by atoms with Crippen molar-refractivity contribution in [2.75, 3.05) is 0 Å². The first-order valence-electron chi connectivity index (χ1n) is 6.97. The summed E-state index contributed by atoms with van der Waals surface area (Å²) in [5, 5.41) is 13.3. The fourth-order valence-corrected chi connectivity index (χ4v) is 3.07. The SMILES string of the molecule is Cn1cc(-c2ccc3c(c2)C(CC(=O)O)CCC3)cn1. The number of aliphatic carboxylic acids is 1. The van der Waals surface area contributed by atoms with Crippen LogP contribution < -0.4 is 0 Å². The minimum Gasteiger partial charge on any atom is -0.481 e. The summed E-state index contributed by atoms with van der Waals surface area (Å²) in [6.07, 6.45) is 7.16. The zero-order valence-electron chi connectivity index (χ0n) is 11.5. The number of fused-ring (bicyclic) bond motifs is 1. The number of carbonyl (C=O) groups is 1. The summed E-state index contributed by atoms with van der Waals surface area (Å²) in [7, 11) is 1.90. The molecule has 1 N–H and O–H groups in total. The van der Waals surface area contributed by atoms with Crippen LogP contribution in [0.3, 0.4) is 0 Å². The lowest BCUT2D eigenvalue weighted by Crippen LogP contribution is -2.13. The van der Waals surface area contributed by atoms with Crippen molar-refractivity contribution in [3.63, 3.8) is 0 Å². The highest BCUT2D eigenvalue weighted by Crippen LogP contribution is 2.36. The molecule has 20 heavy (non-hydrogen) atoms. The van der Waals surface area contributed by atoms with Crippen LogP contribution in [0.4, 0.5) is 0 Å². The van der Waals surface area contributed by atoms with Crippen molar-refractivity contribution in [2.45, 2.75) is 31.6 Å². The summed E-state index contributed by atoms with van der Waals surface area (Å²) in [6, 6.07) is 6.41. The van der Waals surface area contributed by atoms with E-state index in [4.69, 9.17) is 5.11 Å². The van der Waals surface area contributed by atoms with Gasteiger partial charge in [-0.15, -0.1) is 0 Å². The number of rotatable bonds is 3. The minimum absolute atomic E-state index is 0.146. The molecule has 0 amide bonds. The molecule has 1 heterocycles. The number of benzene rings is 1. The Kier molecular flexibility index (Phi) is 3.30. The number of aryl methyl sites for hydroxylation is 2. The Labute approximate surface area is 118 Å². The lowest BCUT2D eigenvalue weighted by molar-refractivity contribution is -0.137. The van der Waals surface area contributed by atoms with E-state index in [1.54, 1.807) is 4.68 Å². The highest BCUT2D eigenvalue weighted by Gasteiger charge is 2.23. The topological polar surface area (TPSA) is 55.1 Å². The Bertz CT molecular complexity index is 646. The number of nitrogens with zero attached hydrogens (tertiary/aromatic N) is 2. The van der Waals surface area contributed by atoms with Crippen molar-refractivity contribution < 1.29 is 9.90 Å². The summed E-state index contributed by atoms with van der Waals surface area (Å²) in [6.45, 7) is 0. The molecule has 1 aromatic heterocycles. The van der Waals surface area contributed by atoms with E-state index in [1.165, 1.54) is 11.1 Å². The van der Waals surface area contributed by atoms with Crippen LogP contribution in [0.15, 0.2) is 30.6 Å². The molecule has 3 rings (SSSR count). The van der Waals surface area contributed by atoms with E-state index < -0.39 is 5.97 Å². The van der Waals surface area contributed by atoms with Crippen LogP contribution in [0.2, 0.25) is 0 Å². The van der Waals surface area contributed by atoms with E-state index in [-0.39, 0.29) is 12.3 Å². The molecule has 1 aliphatic rings. The third-order valence-corrected chi connectivity index (χ3v) is 4.04. The molecule has 4 heteroatoms. The van der Waals surface area contributed by atoms with Gasteiger partial charge in [-0.1, -0.05) is 18.2 Å². The van der Waals surface area contributed by atoms with Crippen LogP contribution in [0.5, 0.6) is 0 Å². The van der Waals surface area contributed by atoms with E-state index in [2.05, 4.69) is 23.3 Å². The minimum atomic E-state index is -0.713. The molecule has 4 nitrogen and oxygen atoms in total. The van der Waals surface area contributed by atoms with E-state index in [1.807, 2.05) is 19.4 Å². The largest absolute Gasteiger partial charge is 0.481 e. The second-order valence-corrected chi connectivity index (χ2v) is 5.50. The molecule has 0 aliphatic heterocycles. The van der Waals surface area contributed by atoms with Gasteiger partial charge in [-0.2, -0.15) is 5.10 Å². The van der Waals surface area contributed by atoms with Crippen molar-refractivity contribution >= 4 is 5.97 Å². The van der Waals surface area contributed by atoms with Gasteiger partial charge in [0, 0.05) is 18.8 Å². The monoisotopic (exact) mass is 270 g/mol. The molecule has 0 bridgehead atoms. The molecular weight excluding hydrogens is 252 g/mol. The zero-order valence-corrected chi connectivity index (χ0v) is 11.5. The van der Waals surface area contributed by atoms with Crippen molar-refractivity contribution in [1.29, 1.82) is 0 Å². The van der Waals surface area contributed by atoms with Gasteiger partial charge >= 0.3 is 5.97 Å². The Morgan fingerprint density at radius 3 is 3.00 bits per heavy atom. The van der Waals surface area contributed by atoms with Gasteiger partial charge in [-0.25, -0.2) is 0 Å². The summed E-state index contributed by atoms with van der Waals surface area (Å²) in [5.74, 6) is -0.567. The first-order chi connectivity index (χ1) is 9.63. The fourth-order valence-electron chi connectivity index (χ4n) is 3.07. The Balaban J connectivity index is 1.99. The van der Waals surface area contributed by atoms with Gasteiger partial charge in [0.1, 0.15) is 0 Å². The summed E-state index contributed by atoms with van der Waals surface area (Å²) < 4.78 is 1.78. The van der Waals surface area contributed by atoms with Gasteiger partial charge in [0.05, 0.1) is 12.6 Å². The average molecular weight is 270 g/mol. The lowest BCUT2D eigenvalue weighted by atomic mass is 9.80. The third-order valence-electron chi connectivity index (χ3n) is 4.04. The molecule has 0 saturated heterocycles. The van der Waals surface area contributed by atoms with Crippen molar-refractivity contribution in [3.8, 4) is 11.1 Å². The molecule has 2 aromatic rings. The smallest absolute Gasteiger partial charge is 0.303 e. The van der Waals surface area contributed by atoms with Crippen LogP contribution in [-0.2, 0) is 18.3 Å². The average Bonchev–Trinajstić information content (AvgIpc) is 2.85. The molecule has 1 unspecified atom stereocenters. The van der Waals surface area contributed by atoms with E-state index in [9.17, 15) is 4.79 Å². The molecule has 0 radical (unpaired) electrons. The number of hydrogen-bond donors (Lipinski definition) is 1. The van der Waals surface area contributed by atoms with Gasteiger partial charge in [-0.3, -0.25) is 9.48 Å². The Morgan fingerprint density at radius 1 is 1.45 bits per heavy atom. The molecule has 0 fully saturated rings. The number of aromatic nitrogens is 2. The number of carboxylic acid groups (broad SMARTS) is 1. The predicted molar refractivity (Wildman–Crippen MR) is 76.6 cm³/mol. The highest BCUT2D eigenvalue weighted by atomic mass is 16.4. The first-order valence-corrected chi connectivity index (χ1v) is 6.97. The van der Waals surface area contributed by atoms with E-state index in [0.717, 1.165) is 30.4 Å². The van der Waals surface area contributed by atoms with Crippen LogP contribution in [-0.4, -0.2) is 20.9 Å². The van der Waals surface area contributed by atoms with E-state index in [0.29, 0.717) is 0 Å². The molecule has 0 saturated carbocycles. The molecule has 1 aliphatic carbocycles. The van der Waals surface area contributed by atoms with Crippen LogP contribution >= 0.6 is 0 Å².